The van der Waals surface area contributed by atoms with Crippen LogP contribution in [-0.4, -0.2) is 13.0 Å². The summed E-state index contributed by atoms with van der Waals surface area (Å²) in [5.74, 6) is -0.149. The van der Waals surface area contributed by atoms with E-state index in [4.69, 9.17) is 0 Å². The highest BCUT2D eigenvalue weighted by Crippen LogP contribution is 2.34. The van der Waals surface area contributed by atoms with Crippen molar-refractivity contribution < 1.29 is 4.79 Å². The Balaban J connectivity index is 2.28. The van der Waals surface area contributed by atoms with E-state index in [1.807, 2.05) is 38.2 Å². The summed E-state index contributed by atoms with van der Waals surface area (Å²) in [6.07, 6.45) is 0. The monoisotopic (exact) mass is 474 g/mol. The molecule has 0 heterocycles. The van der Waals surface area contributed by atoms with Crippen LogP contribution in [0.25, 0.3) is 0 Å². The van der Waals surface area contributed by atoms with Crippen LogP contribution in [0.15, 0.2) is 43.7 Å². The van der Waals surface area contributed by atoms with Gasteiger partial charge in [0, 0.05) is 31.7 Å². The normalized spacial score (nSPS) is 10.3. The van der Waals surface area contributed by atoms with Crippen LogP contribution in [0, 0.1) is 6.92 Å². The molecule has 0 bridgehead atoms. The minimum atomic E-state index is -0.149. The molecular formula is C15H13Br3N2O. The smallest absolute Gasteiger partial charge is 0.255 e. The number of nitrogens with one attached hydrogen (secondary N) is 2. The molecule has 0 saturated heterocycles. The topological polar surface area (TPSA) is 41.1 Å². The van der Waals surface area contributed by atoms with Gasteiger partial charge in [0.05, 0.1) is 5.69 Å². The Bertz CT molecular complexity index is 678. The lowest BCUT2D eigenvalue weighted by Gasteiger charge is -2.12. The molecule has 3 nitrogen and oxygen atoms in total. The van der Waals surface area contributed by atoms with E-state index in [9.17, 15) is 4.79 Å². The molecule has 0 saturated carbocycles. The Morgan fingerprint density at radius 1 is 1.05 bits per heavy atom. The van der Waals surface area contributed by atoms with Crippen molar-refractivity contribution in [2.24, 2.45) is 0 Å². The lowest BCUT2D eigenvalue weighted by atomic mass is 10.1. The lowest BCUT2D eigenvalue weighted by molar-refractivity contribution is 0.102. The third-order valence-corrected chi connectivity index (χ3v) is 4.71. The molecule has 0 fully saturated rings. The molecule has 0 unspecified atom stereocenters. The summed E-state index contributed by atoms with van der Waals surface area (Å²) < 4.78 is 2.54. The van der Waals surface area contributed by atoms with Gasteiger partial charge in [-0.05, 0) is 74.7 Å². The third-order valence-electron chi connectivity index (χ3n) is 3.00. The highest BCUT2D eigenvalue weighted by molar-refractivity contribution is 9.11. The van der Waals surface area contributed by atoms with E-state index in [1.54, 1.807) is 6.07 Å². The molecule has 1 amide bonds. The van der Waals surface area contributed by atoms with Crippen LogP contribution >= 0.6 is 47.8 Å². The minimum absolute atomic E-state index is 0.149. The second-order valence-electron chi connectivity index (χ2n) is 4.48. The first-order chi connectivity index (χ1) is 9.92. The predicted molar refractivity (Wildman–Crippen MR) is 98.2 cm³/mol. The lowest BCUT2D eigenvalue weighted by Crippen LogP contribution is -2.13. The van der Waals surface area contributed by atoms with E-state index in [2.05, 4.69) is 58.4 Å². The molecule has 0 atom stereocenters. The first-order valence-corrected chi connectivity index (χ1v) is 8.54. The number of amides is 1. The van der Waals surface area contributed by atoms with Crippen LogP contribution < -0.4 is 10.6 Å². The molecule has 2 rings (SSSR count). The number of carbonyl (C=O) groups is 1. The van der Waals surface area contributed by atoms with Gasteiger partial charge in [0.1, 0.15) is 0 Å². The summed E-state index contributed by atoms with van der Waals surface area (Å²) in [6.45, 7) is 1.97. The van der Waals surface area contributed by atoms with Gasteiger partial charge in [-0.3, -0.25) is 4.79 Å². The van der Waals surface area contributed by atoms with Crippen molar-refractivity contribution >= 4 is 65.1 Å². The zero-order valence-electron chi connectivity index (χ0n) is 11.4. The fourth-order valence-electron chi connectivity index (χ4n) is 1.93. The summed E-state index contributed by atoms with van der Waals surface area (Å²) in [4.78, 5) is 12.4. The number of carbonyl (C=O) groups excluding carboxylic acids is 1. The van der Waals surface area contributed by atoms with Gasteiger partial charge in [0.2, 0.25) is 0 Å². The number of halogens is 3. The number of benzene rings is 2. The summed E-state index contributed by atoms with van der Waals surface area (Å²) in [7, 11) is 1.86. The standard InChI is InChI=1S/C15H13Br3N2O/c1-8-5-9(3-4-13(8)19-2)15(21)20-14-11(17)6-10(16)7-12(14)18/h3-7,19H,1-2H3,(H,20,21). The van der Waals surface area contributed by atoms with Gasteiger partial charge in [0.15, 0.2) is 0 Å². The predicted octanol–water partition coefficient (Wildman–Crippen LogP) is 5.58. The highest BCUT2D eigenvalue weighted by Gasteiger charge is 2.13. The van der Waals surface area contributed by atoms with Gasteiger partial charge in [0.25, 0.3) is 5.91 Å². The molecule has 0 aromatic heterocycles. The van der Waals surface area contributed by atoms with Gasteiger partial charge >= 0.3 is 0 Å². The van der Waals surface area contributed by atoms with E-state index >= 15 is 0 Å². The molecule has 0 aliphatic heterocycles. The van der Waals surface area contributed by atoms with Crippen LogP contribution in [0.5, 0.6) is 0 Å². The van der Waals surface area contributed by atoms with Crippen molar-refractivity contribution in [1.82, 2.24) is 0 Å². The largest absolute Gasteiger partial charge is 0.388 e. The van der Waals surface area contributed by atoms with Gasteiger partial charge < -0.3 is 10.6 Å². The molecule has 21 heavy (non-hydrogen) atoms. The van der Waals surface area contributed by atoms with Crippen LogP contribution in [0.4, 0.5) is 11.4 Å². The fraction of sp³-hybridized carbons (Fsp3) is 0.133. The maximum atomic E-state index is 12.4. The molecule has 0 aliphatic carbocycles. The molecular weight excluding hydrogens is 464 g/mol. The van der Waals surface area contributed by atoms with Crippen LogP contribution in [0.3, 0.4) is 0 Å². The zero-order chi connectivity index (χ0) is 15.6. The number of aryl methyl sites for hydroxylation is 1. The molecule has 2 N–H and O–H groups in total. The number of rotatable bonds is 3. The zero-order valence-corrected chi connectivity index (χ0v) is 16.2. The van der Waals surface area contributed by atoms with Gasteiger partial charge in [-0.1, -0.05) is 15.9 Å². The van der Waals surface area contributed by atoms with Crippen molar-refractivity contribution in [2.75, 3.05) is 17.7 Å². The van der Waals surface area contributed by atoms with E-state index < -0.39 is 0 Å². The van der Waals surface area contributed by atoms with Crippen LogP contribution in [-0.2, 0) is 0 Å². The Kier molecular flexibility index (Phi) is 5.46. The van der Waals surface area contributed by atoms with E-state index in [0.717, 1.165) is 24.7 Å². The Morgan fingerprint density at radius 3 is 2.19 bits per heavy atom. The molecule has 2 aromatic carbocycles. The van der Waals surface area contributed by atoms with Crippen LogP contribution in [0.2, 0.25) is 0 Å². The molecule has 0 radical (unpaired) electrons. The average Bonchev–Trinajstić information content (AvgIpc) is 2.42. The molecule has 110 valence electrons. The van der Waals surface area contributed by atoms with Crippen molar-refractivity contribution in [1.29, 1.82) is 0 Å². The number of hydrogen-bond acceptors (Lipinski definition) is 2. The van der Waals surface area contributed by atoms with Crippen molar-refractivity contribution in [3.05, 3.63) is 54.9 Å². The van der Waals surface area contributed by atoms with E-state index in [1.165, 1.54) is 0 Å². The third kappa shape index (κ3) is 3.87. The molecule has 6 heteroatoms. The second kappa shape index (κ2) is 6.94. The van der Waals surface area contributed by atoms with Gasteiger partial charge in [-0.25, -0.2) is 0 Å². The minimum Gasteiger partial charge on any atom is -0.388 e. The number of anilines is 2. The second-order valence-corrected chi connectivity index (χ2v) is 7.10. The van der Waals surface area contributed by atoms with E-state index in [0.29, 0.717) is 11.3 Å². The highest BCUT2D eigenvalue weighted by atomic mass is 79.9. The average molecular weight is 477 g/mol. The SMILES string of the molecule is CNc1ccc(C(=O)Nc2c(Br)cc(Br)cc2Br)cc1C. The van der Waals surface area contributed by atoms with Crippen LogP contribution in [0.1, 0.15) is 15.9 Å². The van der Waals surface area contributed by atoms with Crippen molar-refractivity contribution in [3.63, 3.8) is 0 Å². The Hall–Kier alpha value is -0.850. The maximum Gasteiger partial charge on any atom is 0.255 e. The van der Waals surface area contributed by atoms with E-state index in [-0.39, 0.29) is 5.91 Å². The quantitative estimate of drug-likeness (QED) is 0.607. The van der Waals surface area contributed by atoms with Gasteiger partial charge in [-0.2, -0.15) is 0 Å². The fourth-order valence-corrected chi connectivity index (χ4v) is 4.39. The van der Waals surface area contributed by atoms with Crippen molar-refractivity contribution in [2.45, 2.75) is 6.92 Å². The summed E-state index contributed by atoms with van der Waals surface area (Å²) in [5, 5.41) is 6.00. The molecule has 0 aliphatic rings. The first kappa shape index (κ1) is 16.5. The maximum absolute atomic E-state index is 12.4. The number of hydrogen-bond donors (Lipinski definition) is 2. The summed E-state index contributed by atoms with van der Waals surface area (Å²) in [5.41, 5.74) is 3.36. The summed E-state index contributed by atoms with van der Waals surface area (Å²) in [6, 6.07) is 9.33. The first-order valence-electron chi connectivity index (χ1n) is 6.16. The van der Waals surface area contributed by atoms with Gasteiger partial charge in [-0.15, -0.1) is 0 Å². The molecule has 2 aromatic rings. The Morgan fingerprint density at radius 2 is 1.67 bits per heavy atom. The summed E-state index contributed by atoms with van der Waals surface area (Å²) >= 11 is 10.3. The Labute approximate surface area is 148 Å². The van der Waals surface area contributed by atoms with Crippen molar-refractivity contribution in [3.8, 4) is 0 Å². The molecule has 0 spiro atoms.